The molecule has 0 aromatic heterocycles. The second-order valence-electron chi connectivity index (χ2n) is 2.39. The van der Waals surface area contributed by atoms with Gasteiger partial charge in [0.2, 0.25) is 0 Å². The van der Waals surface area contributed by atoms with E-state index in [9.17, 15) is 0 Å². The monoisotopic (exact) mass is 128 g/mol. The Labute approximate surface area is 55.1 Å². The number of hydrogen-bond donors (Lipinski definition) is 1. The smallest absolute Gasteiger partial charge is 0.275 e. The van der Waals surface area contributed by atoms with Crippen molar-refractivity contribution in [3.8, 4) is 0 Å². The van der Waals surface area contributed by atoms with Gasteiger partial charge in [0.25, 0.3) is 5.95 Å². The Kier molecular flexibility index (Phi) is 1.98. The lowest BCUT2D eigenvalue weighted by molar-refractivity contribution is 0.0929. The molecule has 0 saturated heterocycles. The van der Waals surface area contributed by atoms with Crippen molar-refractivity contribution in [1.29, 1.82) is 0 Å². The van der Waals surface area contributed by atoms with Gasteiger partial charge in [-0.25, -0.2) is 0 Å². The van der Waals surface area contributed by atoms with Gasteiger partial charge in [-0.3, -0.25) is 0 Å². The van der Waals surface area contributed by atoms with E-state index >= 15 is 0 Å². The fourth-order valence-corrected chi connectivity index (χ4v) is 0.891. The first-order chi connectivity index (χ1) is 4.30. The van der Waals surface area contributed by atoms with Crippen LogP contribution in [0.1, 0.15) is 26.2 Å². The number of aliphatic hydroxyl groups is 1. The summed E-state index contributed by atoms with van der Waals surface area (Å²) in [6.07, 6.45) is 3.17. The van der Waals surface area contributed by atoms with Crippen LogP contribution in [0.2, 0.25) is 0 Å². The van der Waals surface area contributed by atoms with Gasteiger partial charge >= 0.3 is 0 Å². The zero-order valence-corrected chi connectivity index (χ0v) is 5.68. The van der Waals surface area contributed by atoms with E-state index in [0.29, 0.717) is 6.61 Å². The molecule has 0 atom stereocenters. The van der Waals surface area contributed by atoms with Crippen LogP contribution >= 0.6 is 0 Å². The maximum Gasteiger partial charge on any atom is 0.275 e. The van der Waals surface area contributed by atoms with E-state index in [1.54, 1.807) is 0 Å². The van der Waals surface area contributed by atoms with Crippen LogP contribution in [-0.2, 0) is 4.74 Å². The summed E-state index contributed by atoms with van der Waals surface area (Å²) in [4.78, 5) is 0. The van der Waals surface area contributed by atoms with E-state index < -0.39 is 0 Å². The maximum atomic E-state index is 9.02. The third kappa shape index (κ3) is 1.63. The minimum Gasteiger partial charge on any atom is -0.481 e. The SMILES string of the molecule is CC1=C(O)OCCCC1. The summed E-state index contributed by atoms with van der Waals surface area (Å²) >= 11 is 0. The molecule has 1 aliphatic rings. The first kappa shape index (κ1) is 6.46. The summed E-state index contributed by atoms with van der Waals surface area (Å²) in [6.45, 7) is 2.57. The Morgan fingerprint density at radius 3 is 3.00 bits per heavy atom. The normalized spacial score (nSPS) is 21.0. The summed E-state index contributed by atoms with van der Waals surface area (Å²) < 4.78 is 4.95. The molecule has 9 heavy (non-hydrogen) atoms. The second kappa shape index (κ2) is 2.76. The van der Waals surface area contributed by atoms with Gasteiger partial charge in [-0.05, 0) is 26.2 Å². The van der Waals surface area contributed by atoms with Gasteiger partial charge in [0.1, 0.15) is 0 Å². The molecule has 0 spiro atoms. The van der Waals surface area contributed by atoms with Crippen LogP contribution in [-0.4, -0.2) is 11.7 Å². The summed E-state index contributed by atoms with van der Waals surface area (Å²) in [5.41, 5.74) is 0.979. The Bertz CT molecular complexity index is 113. The Hall–Kier alpha value is -0.660. The molecule has 0 aromatic carbocycles. The predicted octanol–water partition coefficient (Wildman–Crippen LogP) is 1.98. The van der Waals surface area contributed by atoms with Crippen LogP contribution in [0.5, 0.6) is 0 Å². The first-order valence-electron chi connectivity index (χ1n) is 3.32. The van der Waals surface area contributed by atoms with Crippen molar-refractivity contribution in [2.45, 2.75) is 26.2 Å². The van der Waals surface area contributed by atoms with Crippen molar-refractivity contribution in [2.75, 3.05) is 6.61 Å². The van der Waals surface area contributed by atoms with Crippen LogP contribution < -0.4 is 0 Å². The average molecular weight is 128 g/mol. The van der Waals surface area contributed by atoms with Gasteiger partial charge in [-0.1, -0.05) is 0 Å². The molecule has 1 heterocycles. The average Bonchev–Trinajstić information content (AvgIpc) is 1.99. The number of allylic oxidation sites excluding steroid dienone is 1. The molecule has 52 valence electrons. The molecule has 1 N–H and O–H groups in total. The summed E-state index contributed by atoms with van der Waals surface area (Å²) in [5.74, 6) is 0.146. The highest BCUT2D eigenvalue weighted by atomic mass is 16.6. The maximum absolute atomic E-state index is 9.02. The Morgan fingerprint density at radius 2 is 2.22 bits per heavy atom. The van der Waals surface area contributed by atoms with Gasteiger partial charge in [0.15, 0.2) is 0 Å². The van der Waals surface area contributed by atoms with Crippen molar-refractivity contribution in [2.24, 2.45) is 0 Å². The van der Waals surface area contributed by atoms with Crippen LogP contribution in [0.25, 0.3) is 0 Å². The molecular weight excluding hydrogens is 116 g/mol. The number of hydrogen-bond acceptors (Lipinski definition) is 2. The molecule has 0 amide bonds. The van der Waals surface area contributed by atoms with E-state index in [1.165, 1.54) is 0 Å². The number of aliphatic hydroxyl groups excluding tert-OH is 1. The molecule has 2 nitrogen and oxygen atoms in total. The standard InChI is InChI=1S/C7H12O2/c1-6-4-2-3-5-9-7(6)8/h8H,2-5H2,1H3. The third-order valence-electron chi connectivity index (χ3n) is 1.55. The molecule has 0 fully saturated rings. The Morgan fingerprint density at radius 1 is 1.44 bits per heavy atom. The minimum absolute atomic E-state index is 0.146. The lowest BCUT2D eigenvalue weighted by atomic mass is 10.1. The zero-order chi connectivity index (χ0) is 6.69. The topological polar surface area (TPSA) is 29.5 Å². The van der Waals surface area contributed by atoms with Crippen molar-refractivity contribution < 1.29 is 9.84 Å². The lowest BCUT2D eigenvalue weighted by Gasteiger charge is -2.00. The Balaban J connectivity index is 2.55. The summed E-state index contributed by atoms with van der Waals surface area (Å²) in [6, 6.07) is 0. The zero-order valence-electron chi connectivity index (χ0n) is 5.68. The van der Waals surface area contributed by atoms with E-state index in [2.05, 4.69) is 0 Å². The summed E-state index contributed by atoms with van der Waals surface area (Å²) in [7, 11) is 0. The highest BCUT2D eigenvalue weighted by molar-refractivity contribution is 4.99. The molecule has 0 radical (unpaired) electrons. The van der Waals surface area contributed by atoms with Gasteiger partial charge < -0.3 is 9.84 Å². The largest absolute Gasteiger partial charge is 0.481 e. The molecule has 0 bridgehead atoms. The van der Waals surface area contributed by atoms with Crippen LogP contribution in [0, 0.1) is 0 Å². The van der Waals surface area contributed by atoms with E-state index in [-0.39, 0.29) is 5.95 Å². The van der Waals surface area contributed by atoms with Gasteiger partial charge in [-0.2, -0.15) is 0 Å². The van der Waals surface area contributed by atoms with Crippen LogP contribution in [0.15, 0.2) is 11.5 Å². The molecular formula is C7H12O2. The predicted molar refractivity (Wildman–Crippen MR) is 35.1 cm³/mol. The first-order valence-corrected chi connectivity index (χ1v) is 3.32. The molecule has 2 heteroatoms. The van der Waals surface area contributed by atoms with Crippen molar-refractivity contribution in [1.82, 2.24) is 0 Å². The van der Waals surface area contributed by atoms with Gasteiger partial charge in [-0.15, -0.1) is 0 Å². The quantitative estimate of drug-likeness (QED) is 0.540. The highest BCUT2D eigenvalue weighted by Crippen LogP contribution is 2.15. The fourth-order valence-electron chi connectivity index (χ4n) is 0.891. The van der Waals surface area contributed by atoms with Crippen LogP contribution in [0.3, 0.4) is 0 Å². The van der Waals surface area contributed by atoms with Crippen molar-refractivity contribution >= 4 is 0 Å². The molecule has 0 unspecified atom stereocenters. The van der Waals surface area contributed by atoms with Crippen LogP contribution in [0.4, 0.5) is 0 Å². The highest BCUT2D eigenvalue weighted by Gasteiger charge is 2.05. The number of rotatable bonds is 0. The third-order valence-corrected chi connectivity index (χ3v) is 1.55. The lowest BCUT2D eigenvalue weighted by Crippen LogP contribution is -1.91. The molecule has 1 aliphatic heterocycles. The van der Waals surface area contributed by atoms with E-state index in [1.807, 2.05) is 6.92 Å². The van der Waals surface area contributed by atoms with Gasteiger partial charge in [0.05, 0.1) is 6.61 Å². The van der Waals surface area contributed by atoms with E-state index in [4.69, 9.17) is 9.84 Å². The molecule has 0 aliphatic carbocycles. The van der Waals surface area contributed by atoms with Crippen molar-refractivity contribution in [3.05, 3.63) is 11.5 Å². The molecule has 1 rings (SSSR count). The van der Waals surface area contributed by atoms with Crippen molar-refractivity contribution in [3.63, 3.8) is 0 Å². The minimum atomic E-state index is 0.146. The van der Waals surface area contributed by atoms with Gasteiger partial charge in [0, 0.05) is 5.57 Å². The second-order valence-corrected chi connectivity index (χ2v) is 2.39. The molecule has 0 aromatic rings. The fraction of sp³-hybridized carbons (Fsp3) is 0.714. The number of ether oxygens (including phenoxy) is 1. The molecule has 0 saturated carbocycles. The van der Waals surface area contributed by atoms with E-state index in [0.717, 1.165) is 24.8 Å². The summed E-state index contributed by atoms with van der Waals surface area (Å²) in [5, 5.41) is 9.02.